The van der Waals surface area contributed by atoms with E-state index in [1.54, 1.807) is 0 Å². The van der Waals surface area contributed by atoms with E-state index in [1.807, 2.05) is 0 Å². The normalized spacial score (nSPS) is 17.9. The largest absolute Gasteiger partial charge is 0.384 e. The number of rotatable bonds is 2. The zero-order valence-corrected chi connectivity index (χ0v) is 11.7. The van der Waals surface area contributed by atoms with Crippen molar-refractivity contribution < 1.29 is 0 Å². The van der Waals surface area contributed by atoms with Crippen molar-refractivity contribution in [3.8, 4) is 0 Å². The minimum absolute atomic E-state index is 0.591. The van der Waals surface area contributed by atoms with Gasteiger partial charge in [-0.1, -0.05) is 56.3 Å². The number of benzene rings is 2. The quantitative estimate of drug-likeness (QED) is 0.825. The maximum atomic E-state index is 3.58. The van der Waals surface area contributed by atoms with Crippen molar-refractivity contribution in [2.24, 2.45) is 0 Å². The molecule has 0 saturated carbocycles. The molecule has 0 bridgehead atoms. The van der Waals surface area contributed by atoms with Crippen LogP contribution in [0, 0.1) is 0 Å². The highest BCUT2D eigenvalue weighted by molar-refractivity contribution is 5.55. The van der Waals surface area contributed by atoms with Crippen LogP contribution in [0.1, 0.15) is 42.4 Å². The monoisotopic (exact) mass is 251 g/mol. The minimum Gasteiger partial charge on any atom is -0.384 e. The minimum atomic E-state index is 0.591. The summed E-state index contributed by atoms with van der Waals surface area (Å²) in [6.07, 6.45) is 1.15. The zero-order chi connectivity index (χ0) is 13.2. The summed E-state index contributed by atoms with van der Waals surface area (Å²) in [4.78, 5) is 0. The van der Waals surface area contributed by atoms with Gasteiger partial charge >= 0.3 is 0 Å². The van der Waals surface area contributed by atoms with Gasteiger partial charge in [0, 0.05) is 18.2 Å². The summed E-state index contributed by atoms with van der Waals surface area (Å²) in [5.41, 5.74) is 5.76. The molecular formula is C18H21N. The average molecular weight is 251 g/mol. The number of hydrogen-bond acceptors (Lipinski definition) is 1. The second-order valence-corrected chi connectivity index (χ2v) is 5.72. The van der Waals surface area contributed by atoms with Gasteiger partial charge in [0.2, 0.25) is 0 Å². The molecule has 0 aliphatic carbocycles. The van der Waals surface area contributed by atoms with Crippen molar-refractivity contribution in [3.63, 3.8) is 0 Å². The molecule has 1 aliphatic heterocycles. The number of fused-ring (bicyclic) bond motifs is 1. The van der Waals surface area contributed by atoms with E-state index in [-0.39, 0.29) is 0 Å². The fourth-order valence-electron chi connectivity index (χ4n) is 3.07. The number of hydrogen-bond donors (Lipinski definition) is 1. The molecule has 1 heterocycles. The van der Waals surface area contributed by atoms with E-state index in [2.05, 4.69) is 67.7 Å². The van der Waals surface area contributed by atoms with Crippen LogP contribution >= 0.6 is 0 Å². The molecular weight excluding hydrogens is 230 g/mol. The van der Waals surface area contributed by atoms with Gasteiger partial charge in [0.15, 0.2) is 0 Å². The van der Waals surface area contributed by atoms with E-state index < -0.39 is 0 Å². The molecule has 0 amide bonds. The van der Waals surface area contributed by atoms with Crippen molar-refractivity contribution in [2.45, 2.75) is 32.1 Å². The third-order valence-corrected chi connectivity index (χ3v) is 4.08. The van der Waals surface area contributed by atoms with Gasteiger partial charge in [-0.25, -0.2) is 0 Å². The van der Waals surface area contributed by atoms with Crippen LogP contribution in [-0.2, 0) is 6.42 Å². The van der Waals surface area contributed by atoms with Crippen molar-refractivity contribution in [2.75, 3.05) is 11.9 Å². The van der Waals surface area contributed by atoms with Crippen molar-refractivity contribution in [3.05, 3.63) is 65.2 Å². The lowest BCUT2D eigenvalue weighted by atomic mass is 9.83. The predicted octanol–water partition coefficient (Wildman–Crippen LogP) is 4.56. The Morgan fingerprint density at radius 1 is 1.00 bits per heavy atom. The SMILES string of the molecule is CC(C)c1ccccc1C1CNc2ccccc2C1. The van der Waals surface area contributed by atoms with Crippen LogP contribution in [0.5, 0.6) is 0 Å². The van der Waals surface area contributed by atoms with Gasteiger partial charge in [-0.3, -0.25) is 0 Å². The summed E-state index contributed by atoms with van der Waals surface area (Å²) in [5.74, 6) is 1.18. The summed E-state index contributed by atoms with van der Waals surface area (Å²) in [6.45, 7) is 5.60. The van der Waals surface area contributed by atoms with Gasteiger partial charge in [-0.2, -0.15) is 0 Å². The van der Waals surface area contributed by atoms with E-state index in [0.29, 0.717) is 11.8 Å². The number of para-hydroxylation sites is 1. The van der Waals surface area contributed by atoms with E-state index in [9.17, 15) is 0 Å². The zero-order valence-electron chi connectivity index (χ0n) is 11.7. The van der Waals surface area contributed by atoms with Crippen LogP contribution in [0.25, 0.3) is 0 Å². The first-order valence-corrected chi connectivity index (χ1v) is 7.16. The second-order valence-electron chi connectivity index (χ2n) is 5.72. The van der Waals surface area contributed by atoms with Crippen LogP contribution in [-0.4, -0.2) is 6.54 Å². The molecule has 1 atom stereocenters. The molecule has 1 nitrogen and oxygen atoms in total. The molecule has 0 radical (unpaired) electrons. The molecule has 1 aliphatic rings. The lowest BCUT2D eigenvalue weighted by molar-refractivity contribution is 0.676. The van der Waals surface area contributed by atoms with Crippen LogP contribution in [0.3, 0.4) is 0 Å². The van der Waals surface area contributed by atoms with Gasteiger partial charge in [0.05, 0.1) is 0 Å². The Morgan fingerprint density at radius 2 is 1.74 bits per heavy atom. The Morgan fingerprint density at radius 3 is 2.58 bits per heavy atom. The van der Waals surface area contributed by atoms with Crippen molar-refractivity contribution in [1.82, 2.24) is 0 Å². The molecule has 1 heteroatoms. The molecule has 0 saturated heterocycles. The van der Waals surface area contributed by atoms with Gasteiger partial charge in [0.1, 0.15) is 0 Å². The third-order valence-electron chi connectivity index (χ3n) is 4.08. The van der Waals surface area contributed by atoms with E-state index in [1.165, 1.54) is 22.4 Å². The van der Waals surface area contributed by atoms with Gasteiger partial charge < -0.3 is 5.32 Å². The van der Waals surface area contributed by atoms with Crippen LogP contribution in [0.2, 0.25) is 0 Å². The maximum Gasteiger partial charge on any atom is 0.0373 e. The Hall–Kier alpha value is -1.76. The van der Waals surface area contributed by atoms with Gasteiger partial charge in [-0.15, -0.1) is 0 Å². The molecule has 0 spiro atoms. The van der Waals surface area contributed by atoms with Crippen LogP contribution < -0.4 is 5.32 Å². The smallest absolute Gasteiger partial charge is 0.0373 e. The molecule has 1 unspecified atom stereocenters. The Kier molecular flexibility index (Phi) is 3.29. The standard InChI is InChI=1S/C18H21N/c1-13(2)16-8-4-5-9-17(16)15-11-14-7-3-6-10-18(14)19-12-15/h3-10,13,15,19H,11-12H2,1-2H3. The summed E-state index contributed by atoms with van der Waals surface area (Å²) >= 11 is 0. The highest BCUT2D eigenvalue weighted by Gasteiger charge is 2.21. The Balaban J connectivity index is 1.93. The topological polar surface area (TPSA) is 12.0 Å². The molecule has 0 aromatic heterocycles. The Bertz CT molecular complexity index is 571. The molecule has 3 rings (SSSR count). The summed E-state index contributed by atoms with van der Waals surface area (Å²) < 4.78 is 0. The Labute approximate surface area is 115 Å². The molecule has 2 aromatic carbocycles. The molecule has 0 fully saturated rings. The van der Waals surface area contributed by atoms with Crippen LogP contribution in [0.4, 0.5) is 5.69 Å². The molecule has 2 aromatic rings. The third kappa shape index (κ3) is 2.37. The molecule has 1 N–H and O–H groups in total. The van der Waals surface area contributed by atoms with Gasteiger partial charge in [-0.05, 0) is 35.1 Å². The van der Waals surface area contributed by atoms with E-state index in [4.69, 9.17) is 0 Å². The fourth-order valence-corrected chi connectivity index (χ4v) is 3.07. The fraction of sp³-hybridized carbons (Fsp3) is 0.333. The summed E-state index contributed by atoms with van der Waals surface area (Å²) in [6, 6.07) is 17.6. The summed E-state index contributed by atoms with van der Waals surface area (Å²) in [7, 11) is 0. The summed E-state index contributed by atoms with van der Waals surface area (Å²) in [5, 5.41) is 3.58. The highest BCUT2D eigenvalue weighted by atomic mass is 14.9. The lowest BCUT2D eigenvalue weighted by Crippen LogP contribution is -2.22. The predicted molar refractivity (Wildman–Crippen MR) is 81.9 cm³/mol. The van der Waals surface area contributed by atoms with Crippen molar-refractivity contribution >= 4 is 5.69 Å². The number of anilines is 1. The van der Waals surface area contributed by atoms with Crippen LogP contribution in [0.15, 0.2) is 48.5 Å². The molecule has 19 heavy (non-hydrogen) atoms. The maximum absolute atomic E-state index is 3.58. The first-order valence-electron chi connectivity index (χ1n) is 7.16. The highest BCUT2D eigenvalue weighted by Crippen LogP contribution is 2.33. The molecule has 98 valence electrons. The first-order chi connectivity index (χ1) is 9.25. The number of nitrogens with one attached hydrogen (secondary N) is 1. The first kappa shape index (κ1) is 12.3. The van der Waals surface area contributed by atoms with Crippen molar-refractivity contribution in [1.29, 1.82) is 0 Å². The van der Waals surface area contributed by atoms with E-state index >= 15 is 0 Å². The lowest BCUT2D eigenvalue weighted by Gasteiger charge is -2.28. The van der Waals surface area contributed by atoms with Gasteiger partial charge in [0.25, 0.3) is 0 Å². The second kappa shape index (κ2) is 5.08. The van der Waals surface area contributed by atoms with E-state index in [0.717, 1.165) is 13.0 Å². The average Bonchev–Trinajstić information content (AvgIpc) is 2.46.